The molecule has 1 aromatic carbocycles. The van der Waals surface area contributed by atoms with Crippen molar-refractivity contribution < 1.29 is 23.5 Å². The number of allylic oxidation sites excluding steroid dienone is 3. The molecule has 1 unspecified atom stereocenters. The van der Waals surface area contributed by atoms with Crippen molar-refractivity contribution in [1.29, 1.82) is 10.8 Å². The third kappa shape index (κ3) is 10.9. The summed E-state index contributed by atoms with van der Waals surface area (Å²) < 4.78 is 31.7. The van der Waals surface area contributed by atoms with Crippen LogP contribution >= 0.6 is 0 Å². The van der Waals surface area contributed by atoms with E-state index in [-0.39, 0.29) is 45.9 Å². The van der Waals surface area contributed by atoms with Crippen LogP contribution in [0.25, 0.3) is 22.3 Å². The Labute approximate surface area is 375 Å². The van der Waals surface area contributed by atoms with Gasteiger partial charge in [0.15, 0.2) is 22.9 Å². The second kappa shape index (κ2) is 21.1. The molecule has 1 aliphatic carbocycles. The number of fused-ring (bicyclic) bond motifs is 3. The van der Waals surface area contributed by atoms with Gasteiger partial charge in [-0.2, -0.15) is 0 Å². The molecule has 0 spiro atoms. The first-order valence-electron chi connectivity index (χ1n) is 21.4. The number of aliphatic hydroxyl groups excluding tert-OH is 1. The van der Waals surface area contributed by atoms with E-state index in [2.05, 4.69) is 66.9 Å². The summed E-state index contributed by atoms with van der Waals surface area (Å²) in [6, 6.07) is 6.43. The van der Waals surface area contributed by atoms with E-state index < -0.39 is 17.5 Å². The van der Waals surface area contributed by atoms with Gasteiger partial charge in [-0.05, 0) is 52.0 Å². The van der Waals surface area contributed by atoms with Crippen molar-refractivity contribution in [2.75, 3.05) is 68.5 Å². The predicted octanol–water partition coefficient (Wildman–Crippen LogP) is 5.60. The first-order valence-corrected chi connectivity index (χ1v) is 21.4. The van der Waals surface area contributed by atoms with E-state index in [9.17, 15) is 18.4 Å². The van der Waals surface area contributed by atoms with Crippen molar-refractivity contribution >= 4 is 62.6 Å². The Morgan fingerprint density at radius 3 is 1.92 bits per heavy atom. The molecule has 7 N–H and O–H groups in total. The minimum atomic E-state index is -0.556. The van der Waals surface area contributed by atoms with E-state index >= 15 is 0 Å². The highest BCUT2D eigenvalue weighted by Gasteiger charge is 2.29. The third-order valence-electron chi connectivity index (χ3n) is 10.4. The minimum Gasteiger partial charge on any atom is -0.400 e. The molecule has 0 saturated carbocycles. The Hall–Kier alpha value is -6.96. The van der Waals surface area contributed by atoms with E-state index in [0.29, 0.717) is 39.4 Å². The van der Waals surface area contributed by atoms with Gasteiger partial charge in [0.25, 0.3) is 11.8 Å². The van der Waals surface area contributed by atoms with Crippen LogP contribution in [0.1, 0.15) is 54.6 Å². The molecule has 5 aromatic heterocycles. The summed E-state index contributed by atoms with van der Waals surface area (Å²) in [5.74, 6) is -1.98. The summed E-state index contributed by atoms with van der Waals surface area (Å²) in [6.07, 6.45) is 12.7. The van der Waals surface area contributed by atoms with Gasteiger partial charge in [0.1, 0.15) is 16.7 Å². The molecule has 65 heavy (non-hydrogen) atoms. The van der Waals surface area contributed by atoms with Crippen molar-refractivity contribution in [2.24, 2.45) is 0 Å². The standard InChI is InChI=1S/C22H22FN7O.C20H22FN7O.C3H8.CH4O/c1-13-10-25-19-16(3-4-18(20(19)26-13)29-7-5-24-6-8-29)22(31)28-15-9-17(23)21-27-14(2)11-30(21)12-15;1-11-8-27(6-5-24-11)16-4-3-14(17(22)18(16)23)20(29)26-13-7-15(21)19-25-12(2)9-28(19)10-13;1-3-2;1-2/h3-4,9-12,24H,5-8H2,1-2H3,(H,28,31);3-4,7,9-11,22-24H,5-6,8H2,1-2H3,(H,26,29);3H2,1-2H3;2H,1H3. The number of hydrogen-bond acceptors (Lipinski definition) is 13. The molecule has 2 saturated heterocycles. The number of carbonyl (C=O) groups is 2. The summed E-state index contributed by atoms with van der Waals surface area (Å²) in [6.45, 7) is 17.5. The molecule has 9 rings (SSSR count). The quantitative estimate of drug-likeness (QED) is 0.102. The number of halogens is 2. The van der Waals surface area contributed by atoms with Gasteiger partial charge in [-0.15, -0.1) is 0 Å². The van der Waals surface area contributed by atoms with Crippen LogP contribution in [0.15, 0.2) is 78.7 Å². The highest BCUT2D eigenvalue weighted by molar-refractivity contribution is 6.57. The van der Waals surface area contributed by atoms with Crippen molar-refractivity contribution in [1.82, 2.24) is 44.3 Å². The Kier molecular flexibility index (Phi) is 15.5. The molecule has 6 aromatic rings. The number of benzene rings is 1. The number of pyridine rings is 2. The van der Waals surface area contributed by atoms with Crippen LogP contribution in [0.5, 0.6) is 0 Å². The number of aryl methyl sites for hydroxylation is 3. The summed E-state index contributed by atoms with van der Waals surface area (Å²) in [7, 11) is 1.00. The average Bonchev–Trinajstić information content (AvgIpc) is 3.87. The lowest BCUT2D eigenvalue weighted by molar-refractivity contribution is -0.112. The van der Waals surface area contributed by atoms with E-state index in [1.807, 2.05) is 17.9 Å². The number of hydrogen-bond donors (Lipinski definition) is 7. The number of aromatic nitrogens is 6. The number of carbonyl (C=O) groups excluding carboxylic acids is 2. The lowest BCUT2D eigenvalue weighted by Gasteiger charge is -2.36. The molecule has 1 atom stereocenters. The number of anilines is 3. The van der Waals surface area contributed by atoms with Crippen LogP contribution < -0.4 is 26.2 Å². The maximum Gasteiger partial charge on any atom is 0.257 e. The summed E-state index contributed by atoms with van der Waals surface area (Å²) >= 11 is 0. The molecule has 7 heterocycles. The number of aliphatic hydroxyl groups is 1. The van der Waals surface area contributed by atoms with Gasteiger partial charge in [-0.25, -0.2) is 23.7 Å². The maximum absolute atomic E-state index is 14.4. The van der Waals surface area contributed by atoms with Crippen LogP contribution in [-0.4, -0.2) is 121 Å². The number of piperazine rings is 2. The Morgan fingerprint density at radius 2 is 1.34 bits per heavy atom. The normalized spacial score (nSPS) is 16.1. The van der Waals surface area contributed by atoms with Gasteiger partial charge in [-0.1, -0.05) is 20.3 Å². The highest BCUT2D eigenvalue weighted by Crippen LogP contribution is 2.29. The third-order valence-corrected chi connectivity index (χ3v) is 10.4. The molecule has 0 radical (unpaired) electrons. The Bertz CT molecular complexity index is 2810. The van der Waals surface area contributed by atoms with Gasteiger partial charge in [0.05, 0.1) is 56.7 Å². The van der Waals surface area contributed by atoms with Gasteiger partial charge in [0.2, 0.25) is 0 Å². The van der Waals surface area contributed by atoms with E-state index in [1.165, 1.54) is 23.0 Å². The molecule has 2 fully saturated rings. The van der Waals surface area contributed by atoms with Crippen molar-refractivity contribution in [3.8, 4) is 0 Å². The smallest absolute Gasteiger partial charge is 0.257 e. The molecule has 19 heteroatoms. The fourth-order valence-electron chi connectivity index (χ4n) is 7.61. The monoisotopic (exact) mass is 890 g/mol. The van der Waals surface area contributed by atoms with Crippen LogP contribution in [0.3, 0.4) is 0 Å². The van der Waals surface area contributed by atoms with Gasteiger partial charge >= 0.3 is 0 Å². The predicted molar refractivity (Wildman–Crippen MR) is 250 cm³/mol. The van der Waals surface area contributed by atoms with Crippen LogP contribution in [-0.2, 0) is 4.79 Å². The van der Waals surface area contributed by atoms with E-state index in [0.717, 1.165) is 64.3 Å². The Morgan fingerprint density at radius 1 is 0.769 bits per heavy atom. The van der Waals surface area contributed by atoms with Crippen LogP contribution in [0, 0.1) is 43.2 Å². The minimum absolute atomic E-state index is 0.0126. The van der Waals surface area contributed by atoms with Gasteiger partial charge < -0.3 is 45.0 Å². The zero-order valence-corrected chi connectivity index (χ0v) is 37.7. The van der Waals surface area contributed by atoms with Crippen molar-refractivity contribution in [3.63, 3.8) is 0 Å². The molecule has 2 aliphatic heterocycles. The lowest BCUT2D eigenvalue weighted by Crippen LogP contribution is -2.50. The molecular weight excluding hydrogens is 835 g/mol. The van der Waals surface area contributed by atoms with Crippen LogP contribution in [0.2, 0.25) is 0 Å². The molecule has 2 amide bonds. The second-order valence-corrected chi connectivity index (χ2v) is 15.8. The maximum atomic E-state index is 14.4. The summed E-state index contributed by atoms with van der Waals surface area (Å²) in [4.78, 5) is 47.5. The van der Waals surface area contributed by atoms with E-state index in [1.54, 1.807) is 67.5 Å². The second-order valence-electron chi connectivity index (χ2n) is 15.8. The summed E-state index contributed by atoms with van der Waals surface area (Å²) in [5.41, 5.74) is 6.30. The Balaban J connectivity index is 0.000000197. The lowest BCUT2D eigenvalue weighted by atomic mass is 9.96. The zero-order chi connectivity index (χ0) is 46.9. The fraction of sp³-hybridized carbons (Fsp3) is 0.348. The van der Waals surface area contributed by atoms with Crippen molar-refractivity contribution in [3.05, 3.63) is 113 Å². The first-order chi connectivity index (χ1) is 31.2. The zero-order valence-electron chi connectivity index (χ0n) is 37.7. The molecule has 342 valence electrons. The van der Waals surface area contributed by atoms with E-state index in [4.69, 9.17) is 15.9 Å². The van der Waals surface area contributed by atoms with Crippen molar-refractivity contribution in [2.45, 2.75) is 54.0 Å². The molecular formula is C46H56F2N14O3. The van der Waals surface area contributed by atoms with Gasteiger partial charge in [-0.3, -0.25) is 25.4 Å². The fourth-order valence-corrected chi connectivity index (χ4v) is 7.61. The number of imidazole rings is 2. The molecule has 17 nitrogen and oxygen atoms in total. The molecule has 0 bridgehead atoms. The topological polar surface area (TPSA) is 217 Å². The average molecular weight is 891 g/mol. The number of nitrogens with one attached hydrogen (secondary N) is 6. The number of amides is 2. The van der Waals surface area contributed by atoms with Gasteiger partial charge in [0, 0.05) is 102 Å². The highest BCUT2D eigenvalue weighted by atomic mass is 19.1. The summed E-state index contributed by atoms with van der Waals surface area (Å²) in [5, 5.41) is 35.7. The number of rotatable bonds is 6. The SMILES string of the molecule is CCC.CO.Cc1cn2cc(NC(=O)C3=CC=C(N4CCNC(C)C4)C(=N)C3=N)cc(F)c2n1.Cc1cnc2c(C(=O)Nc3cc(F)c4nc(C)cn4c3)ccc(N3CCNCC3)c2n1. The first kappa shape index (κ1) is 47.5. The van der Waals surface area contributed by atoms with Crippen LogP contribution in [0.4, 0.5) is 25.8 Å². The largest absolute Gasteiger partial charge is 0.400 e. The molecule has 3 aliphatic rings. The number of nitrogens with zero attached hydrogens (tertiary/aromatic N) is 8.